The van der Waals surface area contributed by atoms with Gasteiger partial charge in [-0.3, -0.25) is 19.7 Å². The van der Waals surface area contributed by atoms with E-state index in [1.807, 2.05) is 0 Å². The number of carbonyl (C=O) groups excluding carboxylic acids is 3. The number of ether oxygens (including phenoxy) is 1. The maximum Gasteiger partial charge on any atom is 0.338 e. The molecule has 1 aromatic rings. The fourth-order valence-electron chi connectivity index (χ4n) is 2.27. The van der Waals surface area contributed by atoms with Gasteiger partial charge in [0.25, 0.3) is 5.69 Å². The highest BCUT2D eigenvalue weighted by atomic mass is 16.6. The number of nitro groups is 1. The van der Waals surface area contributed by atoms with Gasteiger partial charge in [0.15, 0.2) is 11.6 Å². The molecule has 7 nitrogen and oxygen atoms in total. The number of esters is 1. The summed E-state index contributed by atoms with van der Waals surface area (Å²) in [6.45, 7) is 4.33. The van der Waals surface area contributed by atoms with Gasteiger partial charge in [-0.2, -0.15) is 0 Å². The van der Waals surface area contributed by atoms with E-state index in [0.29, 0.717) is 11.1 Å². The van der Waals surface area contributed by atoms with E-state index in [1.165, 1.54) is 31.2 Å². The molecule has 0 unspecified atom stereocenters. The van der Waals surface area contributed by atoms with Crippen LogP contribution in [0.15, 0.2) is 46.6 Å². The van der Waals surface area contributed by atoms with Crippen molar-refractivity contribution in [2.75, 3.05) is 6.61 Å². The Morgan fingerprint density at radius 1 is 1.00 bits per heavy atom. The van der Waals surface area contributed by atoms with Crippen molar-refractivity contribution < 1.29 is 24.0 Å². The Balaban J connectivity index is 2.13. The van der Waals surface area contributed by atoms with Gasteiger partial charge in [-0.25, -0.2) is 4.79 Å². The van der Waals surface area contributed by atoms with E-state index in [1.54, 1.807) is 13.8 Å². The summed E-state index contributed by atoms with van der Waals surface area (Å²) in [5.41, 5.74) is 1.12. The number of Topliss-reactive ketones (excluding diaryl/α,β-unsaturated/α-hetero) is 2. The number of hydrogen-bond donors (Lipinski definition) is 0. The third kappa shape index (κ3) is 3.15. The molecule has 0 saturated carbocycles. The average molecular weight is 329 g/mol. The molecule has 0 aliphatic heterocycles. The minimum absolute atomic E-state index is 0.122. The molecule has 0 heterocycles. The lowest BCUT2D eigenvalue weighted by Gasteiger charge is -2.18. The molecule has 124 valence electrons. The Hall–Kier alpha value is -3.09. The van der Waals surface area contributed by atoms with E-state index in [0.717, 1.165) is 0 Å². The first-order valence-electron chi connectivity index (χ1n) is 7.12. The first-order valence-corrected chi connectivity index (χ1v) is 7.12. The summed E-state index contributed by atoms with van der Waals surface area (Å²) in [5.74, 6) is -1.29. The Morgan fingerprint density at radius 2 is 1.54 bits per heavy atom. The van der Waals surface area contributed by atoms with Crippen molar-refractivity contribution in [2.45, 2.75) is 20.8 Å². The number of non-ortho nitro benzene ring substituents is 1. The average Bonchev–Trinajstić information content (AvgIpc) is 2.58. The summed E-state index contributed by atoms with van der Waals surface area (Å²) in [6, 6.07) is 4.91. The number of rotatable bonds is 4. The third-order valence-corrected chi connectivity index (χ3v) is 3.97. The second-order valence-corrected chi connectivity index (χ2v) is 5.39. The van der Waals surface area contributed by atoms with Crippen molar-refractivity contribution in [1.82, 2.24) is 0 Å². The molecule has 0 amide bonds. The number of carbonyl (C=O) groups is 3. The zero-order valence-corrected chi connectivity index (χ0v) is 13.4. The van der Waals surface area contributed by atoms with Crippen molar-refractivity contribution in [3.8, 4) is 0 Å². The van der Waals surface area contributed by atoms with Crippen LogP contribution in [0.2, 0.25) is 0 Å². The summed E-state index contributed by atoms with van der Waals surface area (Å²) in [7, 11) is 0. The molecule has 7 heteroatoms. The first kappa shape index (κ1) is 17.3. The number of nitrogens with zero attached hydrogens (tertiary/aromatic N) is 1. The Labute approximate surface area is 137 Å². The standard InChI is InChI=1S/C17H15NO6/c1-9-10(2)16(20)14(11(3)15(9)19)8-24-17(21)12-4-6-13(7-5-12)18(22)23/h4-7H,8H2,1-3H3. The van der Waals surface area contributed by atoms with Crippen LogP contribution >= 0.6 is 0 Å². The predicted molar refractivity (Wildman–Crippen MR) is 84.5 cm³/mol. The molecular weight excluding hydrogens is 314 g/mol. The first-order chi connectivity index (χ1) is 11.2. The molecular formula is C17H15NO6. The highest BCUT2D eigenvalue weighted by Crippen LogP contribution is 2.24. The molecule has 0 N–H and O–H groups in total. The lowest BCUT2D eigenvalue weighted by molar-refractivity contribution is -0.384. The van der Waals surface area contributed by atoms with Crippen LogP contribution in [-0.2, 0) is 14.3 Å². The molecule has 1 aliphatic carbocycles. The van der Waals surface area contributed by atoms with E-state index in [-0.39, 0.29) is 40.6 Å². The predicted octanol–water partition coefficient (Wildman–Crippen LogP) is 2.56. The molecule has 2 rings (SSSR count). The van der Waals surface area contributed by atoms with Crippen molar-refractivity contribution in [3.63, 3.8) is 0 Å². The topological polar surface area (TPSA) is 104 Å². The van der Waals surface area contributed by atoms with Crippen LogP contribution in [0.25, 0.3) is 0 Å². The van der Waals surface area contributed by atoms with Crippen LogP contribution in [0, 0.1) is 10.1 Å². The highest BCUT2D eigenvalue weighted by Gasteiger charge is 2.28. The van der Waals surface area contributed by atoms with Gasteiger partial charge in [0.2, 0.25) is 0 Å². The quantitative estimate of drug-likeness (QED) is 0.364. The highest BCUT2D eigenvalue weighted by molar-refractivity contribution is 6.24. The van der Waals surface area contributed by atoms with Gasteiger partial charge >= 0.3 is 5.97 Å². The minimum atomic E-state index is -0.727. The fraction of sp³-hybridized carbons (Fsp3) is 0.235. The maximum atomic E-state index is 12.2. The van der Waals surface area contributed by atoms with Crippen molar-refractivity contribution in [1.29, 1.82) is 0 Å². The smallest absolute Gasteiger partial charge is 0.338 e. The monoisotopic (exact) mass is 329 g/mol. The largest absolute Gasteiger partial charge is 0.457 e. The van der Waals surface area contributed by atoms with Gasteiger partial charge in [0.1, 0.15) is 6.61 Å². The lowest BCUT2D eigenvalue weighted by atomic mass is 9.86. The Bertz CT molecular complexity index is 814. The van der Waals surface area contributed by atoms with E-state index in [9.17, 15) is 24.5 Å². The Morgan fingerprint density at radius 3 is 2.08 bits per heavy atom. The van der Waals surface area contributed by atoms with E-state index < -0.39 is 10.9 Å². The van der Waals surface area contributed by atoms with Gasteiger partial charge in [0, 0.05) is 34.4 Å². The van der Waals surface area contributed by atoms with E-state index in [4.69, 9.17) is 4.74 Å². The summed E-state index contributed by atoms with van der Waals surface area (Å²) < 4.78 is 5.08. The molecule has 0 saturated heterocycles. The SMILES string of the molecule is CC1=C(C)C(=O)C(COC(=O)c2ccc([N+](=O)[O-])cc2)=C(C)C1=O. The molecule has 0 radical (unpaired) electrons. The minimum Gasteiger partial charge on any atom is -0.457 e. The van der Waals surface area contributed by atoms with Crippen LogP contribution in [0.5, 0.6) is 0 Å². The van der Waals surface area contributed by atoms with Crippen LogP contribution in [0.4, 0.5) is 5.69 Å². The normalized spacial score (nSPS) is 15.0. The zero-order valence-electron chi connectivity index (χ0n) is 13.4. The molecule has 0 atom stereocenters. The summed E-state index contributed by atoms with van der Waals surface area (Å²) in [4.78, 5) is 46.3. The third-order valence-electron chi connectivity index (χ3n) is 3.97. The molecule has 1 aromatic carbocycles. The van der Waals surface area contributed by atoms with Crippen LogP contribution in [0.1, 0.15) is 31.1 Å². The van der Waals surface area contributed by atoms with E-state index >= 15 is 0 Å². The molecule has 0 aromatic heterocycles. The second kappa shape index (κ2) is 6.57. The van der Waals surface area contributed by atoms with E-state index in [2.05, 4.69) is 0 Å². The second-order valence-electron chi connectivity index (χ2n) is 5.39. The van der Waals surface area contributed by atoms with Crippen LogP contribution in [0.3, 0.4) is 0 Å². The molecule has 0 fully saturated rings. The van der Waals surface area contributed by atoms with Crippen LogP contribution < -0.4 is 0 Å². The fourth-order valence-corrected chi connectivity index (χ4v) is 2.27. The summed E-state index contributed by atoms with van der Waals surface area (Å²) >= 11 is 0. The number of hydrogen-bond acceptors (Lipinski definition) is 6. The molecule has 1 aliphatic rings. The van der Waals surface area contributed by atoms with Gasteiger partial charge in [-0.15, -0.1) is 0 Å². The molecule has 24 heavy (non-hydrogen) atoms. The van der Waals surface area contributed by atoms with Crippen molar-refractivity contribution in [2.24, 2.45) is 0 Å². The number of allylic oxidation sites excluding steroid dienone is 3. The number of nitro benzene ring substituents is 1. The van der Waals surface area contributed by atoms with Gasteiger partial charge in [-0.05, 0) is 32.9 Å². The van der Waals surface area contributed by atoms with Crippen molar-refractivity contribution >= 4 is 23.2 Å². The van der Waals surface area contributed by atoms with Crippen molar-refractivity contribution in [3.05, 3.63) is 62.2 Å². The van der Waals surface area contributed by atoms with Gasteiger partial charge in [-0.1, -0.05) is 0 Å². The maximum absolute atomic E-state index is 12.2. The summed E-state index contributed by atoms with van der Waals surface area (Å²) in [5, 5.41) is 10.6. The molecule has 0 bridgehead atoms. The lowest BCUT2D eigenvalue weighted by Crippen LogP contribution is -2.24. The zero-order chi connectivity index (χ0) is 18.0. The van der Waals surface area contributed by atoms with Gasteiger partial charge in [0.05, 0.1) is 10.5 Å². The van der Waals surface area contributed by atoms with Crippen LogP contribution in [-0.4, -0.2) is 29.1 Å². The number of ketones is 2. The Kier molecular flexibility index (Phi) is 4.73. The summed E-state index contributed by atoms with van der Waals surface area (Å²) in [6.07, 6.45) is 0. The molecule has 0 spiro atoms. The number of benzene rings is 1. The van der Waals surface area contributed by atoms with Gasteiger partial charge < -0.3 is 4.74 Å².